The Labute approximate surface area is 132 Å². The summed E-state index contributed by atoms with van der Waals surface area (Å²) >= 11 is 3.33. The highest BCUT2D eigenvalue weighted by Crippen LogP contribution is 2.29. The van der Waals surface area contributed by atoms with Gasteiger partial charge >= 0.3 is 5.97 Å². The lowest BCUT2D eigenvalue weighted by Gasteiger charge is -2.23. The number of halogens is 1. The van der Waals surface area contributed by atoms with Crippen LogP contribution in [0.1, 0.15) is 15.9 Å². The molecule has 1 atom stereocenters. The highest BCUT2D eigenvalue weighted by atomic mass is 79.9. The van der Waals surface area contributed by atoms with Gasteiger partial charge < -0.3 is 4.74 Å². The number of hydrogen-bond donors (Lipinski definition) is 0. The van der Waals surface area contributed by atoms with Crippen molar-refractivity contribution in [2.75, 3.05) is 7.11 Å². The first-order valence-corrected chi connectivity index (χ1v) is 7.28. The number of ether oxygens (including phenoxy) is 1. The Balaban J connectivity index is 2.38. The summed E-state index contributed by atoms with van der Waals surface area (Å²) in [6.07, 6.45) is 0.230. The summed E-state index contributed by atoms with van der Waals surface area (Å²) in [7, 11) is 1.28. The molecule has 0 spiro atoms. The Morgan fingerprint density at radius 2 is 1.52 bits per heavy atom. The van der Waals surface area contributed by atoms with Crippen LogP contribution in [0.15, 0.2) is 60.7 Å². The first kappa shape index (κ1) is 15.4. The summed E-state index contributed by atoms with van der Waals surface area (Å²) in [6.45, 7) is 0. The van der Waals surface area contributed by atoms with Crippen molar-refractivity contribution in [3.8, 4) is 0 Å². The predicted octanol–water partition coefficient (Wildman–Crippen LogP) is 3.42. The van der Waals surface area contributed by atoms with Gasteiger partial charge in [0.2, 0.25) is 0 Å². The molecular weight excluding hydrogens is 332 g/mol. The largest absolute Gasteiger partial charge is 0.468 e. The van der Waals surface area contributed by atoms with Crippen molar-refractivity contribution in [2.24, 2.45) is 0 Å². The molecule has 0 aliphatic heterocycles. The van der Waals surface area contributed by atoms with E-state index in [-0.39, 0.29) is 12.2 Å². The van der Waals surface area contributed by atoms with E-state index in [0.717, 1.165) is 5.56 Å². The summed E-state index contributed by atoms with van der Waals surface area (Å²) in [4.78, 5) is 24.9. The molecule has 2 rings (SSSR count). The second-order valence-electron chi connectivity index (χ2n) is 4.65. The Morgan fingerprint density at radius 1 is 1.00 bits per heavy atom. The second-order valence-corrected chi connectivity index (χ2v) is 6.00. The summed E-state index contributed by atoms with van der Waals surface area (Å²) in [5, 5.41) is 0. The molecule has 0 bridgehead atoms. The number of ketones is 1. The van der Waals surface area contributed by atoms with E-state index < -0.39 is 10.3 Å². The SMILES string of the molecule is COC(=O)C(Br)(Cc1ccccc1)C(=O)c1ccccc1. The molecular formula is C17H15BrO3. The zero-order valence-electron chi connectivity index (χ0n) is 11.6. The number of rotatable bonds is 5. The van der Waals surface area contributed by atoms with Crippen LogP contribution < -0.4 is 0 Å². The number of carbonyl (C=O) groups is 2. The minimum absolute atomic E-state index is 0.230. The summed E-state index contributed by atoms with van der Waals surface area (Å²) in [5.74, 6) is -0.904. The van der Waals surface area contributed by atoms with E-state index in [1.54, 1.807) is 24.3 Å². The first-order chi connectivity index (χ1) is 10.1. The third kappa shape index (κ3) is 3.39. The van der Waals surface area contributed by atoms with Crippen LogP contribution in [0.4, 0.5) is 0 Å². The Kier molecular flexibility index (Phi) is 4.91. The Hall–Kier alpha value is -1.94. The molecule has 2 aromatic carbocycles. The number of alkyl halides is 1. The van der Waals surface area contributed by atoms with Gasteiger partial charge in [-0.25, -0.2) is 0 Å². The van der Waals surface area contributed by atoms with Crippen molar-refractivity contribution < 1.29 is 14.3 Å². The molecule has 0 aliphatic carbocycles. The van der Waals surface area contributed by atoms with E-state index in [1.807, 2.05) is 36.4 Å². The van der Waals surface area contributed by atoms with E-state index in [2.05, 4.69) is 15.9 Å². The van der Waals surface area contributed by atoms with Gasteiger partial charge in [0.25, 0.3) is 0 Å². The van der Waals surface area contributed by atoms with Crippen LogP contribution in [-0.2, 0) is 16.0 Å². The average Bonchev–Trinajstić information content (AvgIpc) is 2.55. The number of benzene rings is 2. The van der Waals surface area contributed by atoms with Crippen LogP contribution in [0.2, 0.25) is 0 Å². The number of methoxy groups -OCH3 is 1. The molecule has 0 aromatic heterocycles. The van der Waals surface area contributed by atoms with Crippen molar-refractivity contribution in [3.05, 3.63) is 71.8 Å². The van der Waals surface area contributed by atoms with Crippen molar-refractivity contribution in [1.82, 2.24) is 0 Å². The fourth-order valence-electron chi connectivity index (χ4n) is 2.10. The molecule has 21 heavy (non-hydrogen) atoms. The smallest absolute Gasteiger partial charge is 0.331 e. The zero-order chi connectivity index (χ0) is 15.3. The van der Waals surface area contributed by atoms with Gasteiger partial charge in [-0.3, -0.25) is 9.59 Å². The third-order valence-electron chi connectivity index (χ3n) is 3.20. The zero-order valence-corrected chi connectivity index (χ0v) is 13.2. The molecule has 1 unspecified atom stereocenters. The maximum Gasteiger partial charge on any atom is 0.331 e. The van der Waals surface area contributed by atoms with Crippen LogP contribution in [0.5, 0.6) is 0 Å². The molecule has 0 amide bonds. The van der Waals surface area contributed by atoms with E-state index in [0.29, 0.717) is 5.56 Å². The molecule has 0 saturated heterocycles. The first-order valence-electron chi connectivity index (χ1n) is 6.49. The maximum absolute atomic E-state index is 12.7. The topological polar surface area (TPSA) is 43.4 Å². The molecule has 0 fully saturated rings. The van der Waals surface area contributed by atoms with Crippen molar-refractivity contribution >= 4 is 27.7 Å². The average molecular weight is 347 g/mol. The van der Waals surface area contributed by atoms with Gasteiger partial charge in [-0.1, -0.05) is 76.6 Å². The molecule has 4 heteroatoms. The lowest BCUT2D eigenvalue weighted by Crippen LogP contribution is -2.43. The standard InChI is InChI=1S/C17H15BrO3/c1-21-16(20)17(18,12-13-8-4-2-5-9-13)15(19)14-10-6-3-7-11-14/h2-11H,12H2,1H3. The lowest BCUT2D eigenvalue weighted by atomic mass is 9.91. The van der Waals surface area contributed by atoms with Crippen LogP contribution in [0, 0.1) is 0 Å². The Bertz CT molecular complexity index is 625. The number of esters is 1. The fourth-order valence-corrected chi connectivity index (χ4v) is 2.82. The monoisotopic (exact) mass is 346 g/mol. The highest BCUT2D eigenvalue weighted by molar-refractivity contribution is 9.10. The predicted molar refractivity (Wildman–Crippen MR) is 84.6 cm³/mol. The molecule has 0 radical (unpaired) electrons. The van der Waals surface area contributed by atoms with Crippen LogP contribution in [-0.4, -0.2) is 23.2 Å². The molecule has 0 heterocycles. The van der Waals surface area contributed by atoms with Crippen molar-refractivity contribution in [1.29, 1.82) is 0 Å². The van der Waals surface area contributed by atoms with Crippen LogP contribution in [0.3, 0.4) is 0 Å². The molecule has 0 saturated carbocycles. The van der Waals surface area contributed by atoms with E-state index in [4.69, 9.17) is 4.74 Å². The highest BCUT2D eigenvalue weighted by Gasteiger charge is 2.45. The molecule has 0 N–H and O–H groups in total. The molecule has 2 aromatic rings. The van der Waals surface area contributed by atoms with E-state index in [1.165, 1.54) is 7.11 Å². The summed E-state index contributed by atoms with van der Waals surface area (Å²) in [5.41, 5.74) is 1.35. The molecule has 108 valence electrons. The lowest BCUT2D eigenvalue weighted by molar-refractivity contribution is -0.141. The van der Waals surface area contributed by atoms with Gasteiger partial charge in [-0.15, -0.1) is 0 Å². The number of hydrogen-bond acceptors (Lipinski definition) is 3. The van der Waals surface area contributed by atoms with Crippen molar-refractivity contribution in [3.63, 3.8) is 0 Å². The van der Waals surface area contributed by atoms with Gasteiger partial charge in [0.1, 0.15) is 0 Å². The minimum Gasteiger partial charge on any atom is -0.468 e. The van der Waals surface area contributed by atoms with Gasteiger partial charge in [0.15, 0.2) is 10.1 Å². The molecule has 0 aliphatic rings. The van der Waals surface area contributed by atoms with Crippen molar-refractivity contribution in [2.45, 2.75) is 10.7 Å². The summed E-state index contributed by atoms with van der Waals surface area (Å²) in [6, 6.07) is 18.1. The minimum atomic E-state index is -1.41. The Morgan fingerprint density at radius 3 is 2.05 bits per heavy atom. The fraction of sp³-hybridized carbons (Fsp3) is 0.176. The van der Waals surface area contributed by atoms with Gasteiger partial charge in [-0.2, -0.15) is 0 Å². The van der Waals surface area contributed by atoms with Gasteiger partial charge in [-0.05, 0) is 5.56 Å². The number of Topliss-reactive ketones (excluding diaryl/α,β-unsaturated/α-hetero) is 1. The van der Waals surface area contributed by atoms with Gasteiger partial charge in [0.05, 0.1) is 7.11 Å². The third-order valence-corrected chi connectivity index (χ3v) is 4.16. The van der Waals surface area contributed by atoms with E-state index in [9.17, 15) is 9.59 Å². The van der Waals surface area contributed by atoms with E-state index >= 15 is 0 Å². The van der Waals surface area contributed by atoms with Gasteiger partial charge in [0, 0.05) is 12.0 Å². The quantitative estimate of drug-likeness (QED) is 0.360. The second kappa shape index (κ2) is 6.68. The van der Waals surface area contributed by atoms with Crippen LogP contribution >= 0.6 is 15.9 Å². The molecule has 3 nitrogen and oxygen atoms in total. The maximum atomic E-state index is 12.7. The van der Waals surface area contributed by atoms with Crippen LogP contribution in [0.25, 0.3) is 0 Å². The number of carbonyl (C=O) groups excluding carboxylic acids is 2. The summed E-state index contributed by atoms with van der Waals surface area (Å²) < 4.78 is 3.41. The normalized spacial score (nSPS) is 13.2.